The van der Waals surface area contributed by atoms with E-state index in [-0.39, 0.29) is 5.97 Å². The number of ether oxygens (including phenoxy) is 1. The lowest BCUT2D eigenvalue weighted by Crippen LogP contribution is -2.10. The van der Waals surface area contributed by atoms with Crippen molar-refractivity contribution in [1.82, 2.24) is 15.2 Å². The summed E-state index contributed by atoms with van der Waals surface area (Å²) in [5, 5.41) is 7.71. The molecule has 5 heteroatoms. The average molecular weight is 281 g/mol. The van der Waals surface area contributed by atoms with Crippen LogP contribution in [0.5, 0.6) is 0 Å². The van der Waals surface area contributed by atoms with Gasteiger partial charge in [-0.25, -0.2) is 9.78 Å². The minimum absolute atomic E-state index is 0.329. The zero-order valence-corrected chi connectivity index (χ0v) is 11.9. The Labute approximate surface area is 122 Å². The highest BCUT2D eigenvalue weighted by molar-refractivity contribution is 6.07. The molecule has 0 aliphatic rings. The Morgan fingerprint density at radius 3 is 2.76 bits per heavy atom. The van der Waals surface area contributed by atoms with E-state index in [0.717, 1.165) is 16.5 Å². The molecule has 3 rings (SSSR count). The van der Waals surface area contributed by atoms with Crippen LogP contribution in [-0.4, -0.2) is 27.8 Å². The number of benzene rings is 1. The number of nitrogens with zero attached hydrogens (tertiary/aromatic N) is 2. The summed E-state index contributed by atoms with van der Waals surface area (Å²) in [6.45, 7) is 3.92. The fourth-order valence-electron chi connectivity index (χ4n) is 2.44. The van der Waals surface area contributed by atoms with Crippen LogP contribution in [0.25, 0.3) is 22.2 Å². The summed E-state index contributed by atoms with van der Waals surface area (Å²) >= 11 is 0. The van der Waals surface area contributed by atoms with E-state index in [1.54, 1.807) is 20.0 Å². The van der Waals surface area contributed by atoms with E-state index in [2.05, 4.69) is 15.2 Å². The average Bonchev–Trinajstić information content (AvgIpc) is 2.94. The largest absolute Gasteiger partial charge is 0.462 e. The standard InChI is InChI=1S/C16H15N3O2/c1-3-21-16(20)13-10(2)18-15-12(9-17-19-15)14(13)11-7-5-4-6-8-11/h4-9H,3H2,1-2H3,(H,17,18,19). The predicted molar refractivity (Wildman–Crippen MR) is 80.0 cm³/mol. The number of nitrogens with one attached hydrogen (secondary N) is 1. The van der Waals surface area contributed by atoms with Gasteiger partial charge in [0.1, 0.15) is 0 Å². The summed E-state index contributed by atoms with van der Waals surface area (Å²) in [4.78, 5) is 16.7. The number of aromatic amines is 1. The molecule has 1 N–H and O–H groups in total. The van der Waals surface area contributed by atoms with Gasteiger partial charge in [-0.3, -0.25) is 5.10 Å². The molecule has 0 saturated carbocycles. The van der Waals surface area contributed by atoms with E-state index in [0.29, 0.717) is 23.5 Å². The summed E-state index contributed by atoms with van der Waals surface area (Å²) in [5.74, 6) is -0.357. The monoisotopic (exact) mass is 281 g/mol. The van der Waals surface area contributed by atoms with Crippen LogP contribution >= 0.6 is 0 Å². The molecule has 0 unspecified atom stereocenters. The van der Waals surface area contributed by atoms with Gasteiger partial charge in [0.05, 0.1) is 24.1 Å². The van der Waals surface area contributed by atoms with Crippen molar-refractivity contribution in [2.45, 2.75) is 13.8 Å². The number of aryl methyl sites for hydroxylation is 1. The molecule has 0 bridgehead atoms. The van der Waals surface area contributed by atoms with Gasteiger partial charge in [0.15, 0.2) is 5.65 Å². The smallest absolute Gasteiger partial charge is 0.340 e. The van der Waals surface area contributed by atoms with Crippen molar-refractivity contribution in [3.63, 3.8) is 0 Å². The number of aromatic nitrogens is 3. The van der Waals surface area contributed by atoms with Crippen molar-refractivity contribution in [2.75, 3.05) is 6.61 Å². The molecule has 0 aliphatic carbocycles. The number of rotatable bonds is 3. The van der Waals surface area contributed by atoms with Crippen LogP contribution in [0.15, 0.2) is 36.5 Å². The molecule has 2 heterocycles. The fourth-order valence-corrected chi connectivity index (χ4v) is 2.44. The van der Waals surface area contributed by atoms with Crippen LogP contribution in [0.4, 0.5) is 0 Å². The van der Waals surface area contributed by atoms with Crippen molar-refractivity contribution in [3.05, 3.63) is 47.8 Å². The van der Waals surface area contributed by atoms with Gasteiger partial charge >= 0.3 is 5.97 Å². The molecule has 0 fully saturated rings. The van der Waals surface area contributed by atoms with Crippen LogP contribution in [0.1, 0.15) is 23.0 Å². The van der Waals surface area contributed by atoms with Gasteiger partial charge in [-0.1, -0.05) is 30.3 Å². The molecule has 0 amide bonds. The van der Waals surface area contributed by atoms with Gasteiger partial charge in [-0.15, -0.1) is 0 Å². The van der Waals surface area contributed by atoms with Gasteiger partial charge in [0.2, 0.25) is 0 Å². The number of pyridine rings is 1. The molecule has 5 nitrogen and oxygen atoms in total. The van der Waals surface area contributed by atoms with E-state index in [9.17, 15) is 4.79 Å². The lowest BCUT2D eigenvalue weighted by atomic mass is 9.96. The normalized spacial score (nSPS) is 10.8. The lowest BCUT2D eigenvalue weighted by Gasteiger charge is -2.12. The number of carbonyl (C=O) groups excluding carboxylic acids is 1. The highest BCUT2D eigenvalue weighted by Crippen LogP contribution is 2.32. The van der Waals surface area contributed by atoms with E-state index < -0.39 is 0 Å². The lowest BCUT2D eigenvalue weighted by molar-refractivity contribution is 0.0526. The topological polar surface area (TPSA) is 67.9 Å². The molecule has 0 radical (unpaired) electrons. The Kier molecular flexibility index (Phi) is 3.39. The fraction of sp³-hybridized carbons (Fsp3) is 0.188. The molecule has 21 heavy (non-hydrogen) atoms. The van der Waals surface area contributed by atoms with Crippen LogP contribution in [0, 0.1) is 6.92 Å². The molecule has 0 spiro atoms. The van der Waals surface area contributed by atoms with Gasteiger partial charge in [-0.2, -0.15) is 5.10 Å². The third-order valence-electron chi connectivity index (χ3n) is 3.32. The Hall–Kier alpha value is -2.69. The van der Waals surface area contributed by atoms with E-state index >= 15 is 0 Å². The van der Waals surface area contributed by atoms with Crippen molar-refractivity contribution in [1.29, 1.82) is 0 Å². The molecule has 106 valence electrons. The molecule has 2 aromatic heterocycles. The number of fused-ring (bicyclic) bond motifs is 1. The zero-order valence-electron chi connectivity index (χ0n) is 11.9. The Morgan fingerprint density at radius 1 is 1.29 bits per heavy atom. The van der Waals surface area contributed by atoms with Crippen LogP contribution in [-0.2, 0) is 4.74 Å². The van der Waals surface area contributed by atoms with Gasteiger partial charge in [0, 0.05) is 10.9 Å². The molecule has 0 saturated heterocycles. The number of esters is 1. The summed E-state index contributed by atoms with van der Waals surface area (Å²) in [6, 6.07) is 9.74. The first-order valence-corrected chi connectivity index (χ1v) is 6.78. The summed E-state index contributed by atoms with van der Waals surface area (Å²) in [6.07, 6.45) is 1.69. The first kappa shape index (κ1) is 13.3. The first-order chi connectivity index (χ1) is 10.2. The maximum absolute atomic E-state index is 12.3. The second-order valence-corrected chi connectivity index (χ2v) is 4.67. The second kappa shape index (κ2) is 5.36. The van der Waals surface area contributed by atoms with Crippen LogP contribution in [0.3, 0.4) is 0 Å². The van der Waals surface area contributed by atoms with Crippen molar-refractivity contribution < 1.29 is 9.53 Å². The first-order valence-electron chi connectivity index (χ1n) is 6.78. The SMILES string of the molecule is CCOC(=O)c1c(C)nc2[nH]ncc2c1-c1ccccc1. The highest BCUT2D eigenvalue weighted by atomic mass is 16.5. The van der Waals surface area contributed by atoms with Gasteiger partial charge < -0.3 is 4.74 Å². The van der Waals surface area contributed by atoms with Gasteiger partial charge in [-0.05, 0) is 19.4 Å². The Morgan fingerprint density at radius 2 is 2.05 bits per heavy atom. The van der Waals surface area contributed by atoms with Crippen molar-refractivity contribution in [3.8, 4) is 11.1 Å². The third-order valence-corrected chi connectivity index (χ3v) is 3.32. The molecule has 1 aromatic carbocycles. The van der Waals surface area contributed by atoms with Gasteiger partial charge in [0.25, 0.3) is 0 Å². The molecule has 3 aromatic rings. The third kappa shape index (κ3) is 2.27. The zero-order chi connectivity index (χ0) is 14.8. The van der Waals surface area contributed by atoms with E-state index in [4.69, 9.17) is 4.74 Å². The maximum Gasteiger partial charge on any atom is 0.340 e. The minimum atomic E-state index is -0.357. The van der Waals surface area contributed by atoms with Crippen LogP contribution in [0.2, 0.25) is 0 Å². The molecular formula is C16H15N3O2. The maximum atomic E-state index is 12.3. The highest BCUT2D eigenvalue weighted by Gasteiger charge is 2.21. The second-order valence-electron chi connectivity index (χ2n) is 4.67. The van der Waals surface area contributed by atoms with Crippen molar-refractivity contribution >= 4 is 17.0 Å². The summed E-state index contributed by atoms with van der Waals surface area (Å²) < 4.78 is 5.19. The van der Waals surface area contributed by atoms with E-state index in [1.165, 1.54) is 0 Å². The Balaban J connectivity index is 2.35. The molecule has 0 atom stereocenters. The quantitative estimate of drug-likeness (QED) is 0.749. The Bertz CT molecular complexity index is 794. The molecular weight excluding hydrogens is 266 g/mol. The molecule has 0 aliphatic heterocycles. The number of carbonyl (C=O) groups is 1. The minimum Gasteiger partial charge on any atom is -0.462 e. The number of hydrogen-bond donors (Lipinski definition) is 1. The van der Waals surface area contributed by atoms with Crippen LogP contribution < -0.4 is 0 Å². The predicted octanol–water partition coefficient (Wildman–Crippen LogP) is 3.11. The number of H-pyrrole nitrogens is 1. The summed E-state index contributed by atoms with van der Waals surface area (Å²) in [5.41, 5.74) is 3.54. The number of hydrogen-bond acceptors (Lipinski definition) is 4. The van der Waals surface area contributed by atoms with E-state index in [1.807, 2.05) is 30.3 Å². The van der Waals surface area contributed by atoms with Crippen molar-refractivity contribution in [2.24, 2.45) is 0 Å². The summed E-state index contributed by atoms with van der Waals surface area (Å²) in [7, 11) is 0.